The minimum Gasteiger partial charge on any atom is -0.364 e. The lowest BCUT2D eigenvalue weighted by Gasteiger charge is -2.04. The topological polar surface area (TPSA) is 55.1 Å². The van der Waals surface area contributed by atoms with E-state index in [2.05, 4.69) is 36.3 Å². The van der Waals surface area contributed by atoms with Crippen molar-refractivity contribution in [3.63, 3.8) is 0 Å². The van der Waals surface area contributed by atoms with E-state index >= 15 is 0 Å². The highest BCUT2D eigenvalue weighted by molar-refractivity contribution is 9.10. The zero-order valence-corrected chi connectivity index (χ0v) is 8.90. The van der Waals surface area contributed by atoms with Gasteiger partial charge < -0.3 is 5.32 Å². The number of fused-ring (bicyclic) bond motifs is 1. The van der Waals surface area contributed by atoms with Gasteiger partial charge in [-0.25, -0.2) is 14.5 Å². The van der Waals surface area contributed by atoms with Crippen molar-refractivity contribution in [2.45, 2.75) is 18.9 Å². The van der Waals surface area contributed by atoms with Gasteiger partial charge in [0, 0.05) is 6.04 Å². The van der Waals surface area contributed by atoms with Gasteiger partial charge in [-0.15, -0.1) is 0 Å². The van der Waals surface area contributed by atoms with Crippen molar-refractivity contribution >= 4 is 27.4 Å². The summed E-state index contributed by atoms with van der Waals surface area (Å²) in [6, 6.07) is 0.573. The zero-order chi connectivity index (χ0) is 9.54. The van der Waals surface area contributed by atoms with Gasteiger partial charge in [-0.2, -0.15) is 5.10 Å². The van der Waals surface area contributed by atoms with Crippen LogP contribution in [0.15, 0.2) is 17.1 Å². The van der Waals surface area contributed by atoms with Crippen LogP contribution in [0.2, 0.25) is 0 Å². The predicted octanol–water partition coefficient (Wildman–Crippen LogP) is 1.46. The third kappa shape index (κ3) is 1.26. The average Bonchev–Trinajstić information content (AvgIpc) is 2.83. The summed E-state index contributed by atoms with van der Waals surface area (Å²) in [6.45, 7) is 0. The second-order valence-electron chi connectivity index (χ2n) is 3.34. The Bertz CT molecular complexity index is 476. The van der Waals surface area contributed by atoms with Crippen LogP contribution in [0.5, 0.6) is 0 Å². The van der Waals surface area contributed by atoms with Crippen molar-refractivity contribution in [1.29, 1.82) is 0 Å². The maximum atomic E-state index is 4.28. The van der Waals surface area contributed by atoms with E-state index in [1.165, 1.54) is 19.2 Å². The van der Waals surface area contributed by atoms with Crippen molar-refractivity contribution in [2.75, 3.05) is 5.32 Å². The molecule has 0 radical (unpaired) electrons. The van der Waals surface area contributed by atoms with E-state index in [-0.39, 0.29) is 0 Å². The van der Waals surface area contributed by atoms with Crippen LogP contribution >= 0.6 is 15.9 Å². The smallest absolute Gasteiger partial charge is 0.199 e. The van der Waals surface area contributed by atoms with Gasteiger partial charge in [-0.3, -0.25) is 0 Å². The lowest BCUT2D eigenvalue weighted by atomic mass is 10.5. The molecule has 1 aliphatic rings. The molecule has 1 N–H and O–H groups in total. The normalized spacial score (nSPS) is 16.1. The fraction of sp³-hybridized carbons (Fsp3) is 0.375. The third-order valence-electron chi connectivity index (χ3n) is 2.18. The highest BCUT2D eigenvalue weighted by atomic mass is 79.9. The lowest BCUT2D eigenvalue weighted by Crippen LogP contribution is -2.06. The molecule has 2 aromatic rings. The highest BCUT2D eigenvalue weighted by Crippen LogP contribution is 2.25. The highest BCUT2D eigenvalue weighted by Gasteiger charge is 2.22. The summed E-state index contributed by atoms with van der Waals surface area (Å²) in [4.78, 5) is 8.43. The van der Waals surface area contributed by atoms with Gasteiger partial charge in [-0.05, 0) is 28.8 Å². The molecule has 0 atom stereocenters. The number of hydrogen-bond donors (Lipinski definition) is 1. The second-order valence-corrected chi connectivity index (χ2v) is 4.16. The summed E-state index contributed by atoms with van der Waals surface area (Å²) in [5.41, 5.74) is 0.770. The number of nitrogens with zero attached hydrogens (tertiary/aromatic N) is 4. The van der Waals surface area contributed by atoms with Crippen LogP contribution < -0.4 is 5.32 Å². The summed E-state index contributed by atoms with van der Waals surface area (Å²) in [5.74, 6) is 0.813. The molecule has 3 rings (SSSR count). The molecule has 2 heterocycles. The SMILES string of the molecule is Brc1cnc(NC2CC2)c2ncnn12. The maximum Gasteiger partial charge on any atom is 0.199 e. The Morgan fingerprint density at radius 3 is 3.07 bits per heavy atom. The fourth-order valence-electron chi connectivity index (χ4n) is 1.31. The van der Waals surface area contributed by atoms with Gasteiger partial charge in [-0.1, -0.05) is 0 Å². The monoisotopic (exact) mass is 253 g/mol. The van der Waals surface area contributed by atoms with Crippen LogP contribution in [-0.2, 0) is 0 Å². The minimum atomic E-state index is 0.573. The first kappa shape index (κ1) is 8.16. The van der Waals surface area contributed by atoms with E-state index in [1.807, 2.05) is 0 Å². The van der Waals surface area contributed by atoms with Gasteiger partial charge >= 0.3 is 0 Å². The molecule has 14 heavy (non-hydrogen) atoms. The van der Waals surface area contributed by atoms with Crippen molar-refractivity contribution in [1.82, 2.24) is 19.6 Å². The van der Waals surface area contributed by atoms with Crippen LogP contribution in [0.1, 0.15) is 12.8 Å². The molecule has 0 unspecified atom stereocenters. The first-order valence-corrected chi connectivity index (χ1v) is 5.24. The molecule has 0 aliphatic heterocycles. The van der Waals surface area contributed by atoms with Gasteiger partial charge in [0.15, 0.2) is 11.5 Å². The number of aromatic nitrogens is 4. The number of hydrogen-bond acceptors (Lipinski definition) is 4. The summed E-state index contributed by atoms with van der Waals surface area (Å²) in [5, 5.41) is 7.40. The number of halogens is 1. The largest absolute Gasteiger partial charge is 0.364 e. The summed E-state index contributed by atoms with van der Waals surface area (Å²) >= 11 is 3.36. The van der Waals surface area contributed by atoms with E-state index in [1.54, 1.807) is 10.7 Å². The number of anilines is 1. The molecule has 1 fully saturated rings. The van der Waals surface area contributed by atoms with E-state index in [9.17, 15) is 0 Å². The Kier molecular flexibility index (Phi) is 1.70. The second kappa shape index (κ2) is 2.91. The Hall–Kier alpha value is -1.17. The number of nitrogens with one attached hydrogen (secondary N) is 1. The van der Waals surface area contributed by atoms with Crippen molar-refractivity contribution in [3.05, 3.63) is 17.1 Å². The summed E-state index contributed by atoms with van der Waals surface area (Å²) in [7, 11) is 0. The van der Waals surface area contributed by atoms with Gasteiger partial charge in [0.25, 0.3) is 0 Å². The molecule has 2 aromatic heterocycles. The first-order chi connectivity index (χ1) is 6.84. The number of rotatable bonds is 2. The molecular formula is C8H8BrN5. The predicted molar refractivity (Wildman–Crippen MR) is 55.1 cm³/mol. The van der Waals surface area contributed by atoms with E-state index in [0.717, 1.165) is 16.1 Å². The Morgan fingerprint density at radius 1 is 1.43 bits per heavy atom. The molecule has 0 aromatic carbocycles. The van der Waals surface area contributed by atoms with E-state index in [0.29, 0.717) is 6.04 Å². The lowest BCUT2D eigenvalue weighted by molar-refractivity contribution is 0.916. The van der Waals surface area contributed by atoms with Crippen LogP contribution in [0.4, 0.5) is 5.82 Å². The molecular weight excluding hydrogens is 246 g/mol. The molecule has 0 amide bonds. The Morgan fingerprint density at radius 2 is 2.29 bits per heavy atom. The van der Waals surface area contributed by atoms with Crippen molar-refractivity contribution in [3.8, 4) is 0 Å². The zero-order valence-electron chi connectivity index (χ0n) is 7.31. The van der Waals surface area contributed by atoms with Crippen LogP contribution in [0.3, 0.4) is 0 Å². The first-order valence-electron chi connectivity index (χ1n) is 4.45. The van der Waals surface area contributed by atoms with Crippen LogP contribution in [0, 0.1) is 0 Å². The van der Waals surface area contributed by atoms with Crippen LogP contribution in [0.25, 0.3) is 5.65 Å². The van der Waals surface area contributed by atoms with Gasteiger partial charge in [0.1, 0.15) is 10.9 Å². The molecule has 1 saturated carbocycles. The van der Waals surface area contributed by atoms with Crippen molar-refractivity contribution < 1.29 is 0 Å². The molecule has 72 valence electrons. The quantitative estimate of drug-likeness (QED) is 0.881. The fourth-order valence-corrected chi connectivity index (χ4v) is 1.67. The molecule has 5 nitrogen and oxygen atoms in total. The molecule has 0 spiro atoms. The van der Waals surface area contributed by atoms with Crippen LogP contribution in [-0.4, -0.2) is 25.6 Å². The van der Waals surface area contributed by atoms with Gasteiger partial charge in [0.05, 0.1) is 6.20 Å². The molecule has 0 saturated heterocycles. The standard InChI is InChI=1S/C8H8BrN5/c9-6-3-10-7(13-5-1-2-5)8-11-4-12-14(6)8/h3-5H,1-2H2,(H,10,13). The molecule has 0 bridgehead atoms. The molecule has 6 heteroatoms. The minimum absolute atomic E-state index is 0.573. The summed E-state index contributed by atoms with van der Waals surface area (Å²) in [6.07, 6.45) is 5.70. The van der Waals surface area contributed by atoms with E-state index in [4.69, 9.17) is 0 Å². The Balaban J connectivity index is 2.12. The molecule has 1 aliphatic carbocycles. The summed E-state index contributed by atoms with van der Waals surface area (Å²) < 4.78 is 2.53. The van der Waals surface area contributed by atoms with Crippen molar-refractivity contribution in [2.24, 2.45) is 0 Å². The maximum absolute atomic E-state index is 4.28. The van der Waals surface area contributed by atoms with Gasteiger partial charge in [0.2, 0.25) is 0 Å². The average molecular weight is 254 g/mol. The van der Waals surface area contributed by atoms with E-state index < -0.39 is 0 Å². The third-order valence-corrected chi connectivity index (χ3v) is 2.72. The Labute approximate surface area is 88.7 Å².